The van der Waals surface area contributed by atoms with Crippen LogP contribution in [0.5, 0.6) is 11.5 Å². The zero-order valence-corrected chi connectivity index (χ0v) is 19.7. The van der Waals surface area contributed by atoms with Crippen molar-refractivity contribution in [2.75, 3.05) is 39.4 Å². The van der Waals surface area contributed by atoms with Crippen molar-refractivity contribution in [1.82, 2.24) is 10.2 Å². The summed E-state index contributed by atoms with van der Waals surface area (Å²) in [5.41, 5.74) is 2.14. The number of hydrogen-bond donors (Lipinski definition) is 3. The Morgan fingerprint density at radius 2 is 1.59 bits per heavy atom. The molecule has 0 aromatic heterocycles. The van der Waals surface area contributed by atoms with Gasteiger partial charge in [-0.1, -0.05) is 29.3 Å². The van der Waals surface area contributed by atoms with E-state index in [-0.39, 0.29) is 13.2 Å². The summed E-state index contributed by atoms with van der Waals surface area (Å²) in [6.07, 6.45) is 0.867. The molecule has 1 saturated heterocycles. The lowest BCUT2D eigenvalue weighted by Crippen LogP contribution is -2.47. The maximum Gasteiger partial charge on any atom is 0.119 e. The summed E-state index contributed by atoms with van der Waals surface area (Å²) in [6, 6.07) is 13.7. The molecule has 0 amide bonds. The lowest BCUT2D eigenvalue weighted by Gasteiger charge is -2.33. The minimum Gasteiger partial charge on any atom is -0.491 e. The molecule has 1 fully saturated rings. The van der Waals surface area contributed by atoms with Gasteiger partial charge in [-0.05, 0) is 75.7 Å². The van der Waals surface area contributed by atoms with Crippen molar-refractivity contribution in [2.45, 2.75) is 44.9 Å². The Morgan fingerprint density at radius 3 is 2.28 bits per heavy atom. The van der Waals surface area contributed by atoms with E-state index < -0.39 is 12.2 Å². The van der Waals surface area contributed by atoms with E-state index in [1.165, 1.54) is 5.56 Å². The fraction of sp³-hybridized carbons (Fsp3) is 0.520. The highest BCUT2D eigenvalue weighted by atomic mass is 35.5. The van der Waals surface area contributed by atoms with Crippen molar-refractivity contribution >= 4 is 11.6 Å². The first-order valence-electron chi connectivity index (χ1n) is 11.3. The molecule has 3 N–H and O–H groups in total. The normalized spacial score (nSPS) is 17.2. The number of aliphatic hydroxyl groups excluding tert-OH is 2. The molecule has 1 heterocycles. The second-order valence-electron chi connectivity index (χ2n) is 8.64. The minimum atomic E-state index is -0.551. The molecule has 0 unspecified atom stereocenters. The summed E-state index contributed by atoms with van der Waals surface area (Å²) in [5, 5.41) is 24.7. The number of likely N-dealkylation sites (tertiary alicyclic amines) is 1. The molecule has 0 bridgehead atoms. The number of aliphatic hydroxyl groups is 2. The fourth-order valence-electron chi connectivity index (χ4n) is 3.76. The number of hydrogen-bond acceptors (Lipinski definition) is 6. The number of ether oxygens (including phenoxy) is 2. The van der Waals surface area contributed by atoms with Crippen molar-refractivity contribution in [3.05, 3.63) is 58.6 Å². The molecule has 2 aromatic rings. The molecule has 3 rings (SSSR count). The van der Waals surface area contributed by atoms with Gasteiger partial charge in [0.25, 0.3) is 0 Å². The number of rotatable bonds is 11. The van der Waals surface area contributed by atoms with Crippen LogP contribution in [-0.4, -0.2) is 72.8 Å². The first kappa shape index (κ1) is 24.8. The van der Waals surface area contributed by atoms with Gasteiger partial charge in [0, 0.05) is 24.2 Å². The molecule has 6 nitrogen and oxygen atoms in total. The summed E-state index contributed by atoms with van der Waals surface area (Å²) < 4.78 is 11.4. The Hall–Kier alpha value is -1.83. The van der Waals surface area contributed by atoms with E-state index in [0.29, 0.717) is 24.2 Å². The summed E-state index contributed by atoms with van der Waals surface area (Å²) in [4.78, 5) is 2.26. The number of β-amino-alcohol motifs (C(OH)–C–C–N with tert-alkyl or cyclic N) is 1. The van der Waals surface area contributed by atoms with Crippen LogP contribution in [0.3, 0.4) is 0 Å². The van der Waals surface area contributed by atoms with Gasteiger partial charge in [0.15, 0.2) is 0 Å². The molecule has 1 aliphatic heterocycles. The van der Waals surface area contributed by atoms with Crippen LogP contribution in [0.25, 0.3) is 0 Å². The van der Waals surface area contributed by atoms with Crippen LogP contribution < -0.4 is 14.8 Å². The Balaban J connectivity index is 1.28. The van der Waals surface area contributed by atoms with Crippen LogP contribution >= 0.6 is 11.6 Å². The molecular formula is C25H35ClN2O4. The first-order chi connectivity index (χ1) is 15.4. The van der Waals surface area contributed by atoms with Crippen LogP contribution in [0, 0.1) is 13.8 Å². The topological polar surface area (TPSA) is 74.2 Å². The summed E-state index contributed by atoms with van der Waals surface area (Å²) in [7, 11) is 0. The van der Waals surface area contributed by atoms with Crippen molar-refractivity contribution in [1.29, 1.82) is 0 Å². The van der Waals surface area contributed by atoms with Gasteiger partial charge in [-0.2, -0.15) is 0 Å². The van der Waals surface area contributed by atoms with E-state index >= 15 is 0 Å². The average Bonchev–Trinajstić information content (AvgIpc) is 2.79. The minimum absolute atomic E-state index is 0.256. The smallest absolute Gasteiger partial charge is 0.119 e. The first-order valence-corrected chi connectivity index (χ1v) is 11.7. The Morgan fingerprint density at radius 1 is 0.969 bits per heavy atom. The van der Waals surface area contributed by atoms with Gasteiger partial charge >= 0.3 is 0 Å². The third kappa shape index (κ3) is 8.26. The van der Waals surface area contributed by atoms with Gasteiger partial charge < -0.3 is 29.9 Å². The molecule has 0 aliphatic carbocycles. The number of nitrogens with zero attached hydrogens (tertiary/aromatic N) is 1. The highest BCUT2D eigenvalue weighted by molar-refractivity contribution is 6.31. The van der Waals surface area contributed by atoms with Crippen LogP contribution in [0.4, 0.5) is 0 Å². The molecule has 32 heavy (non-hydrogen) atoms. The maximum absolute atomic E-state index is 10.3. The molecule has 176 valence electrons. The van der Waals surface area contributed by atoms with Crippen molar-refractivity contribution < 1.29 is 19.7 Å². The van der Waals surface area contributed by atoms with Crippen molar-refractivity contribution in [3.8, 4) is 11.5 Å². The third-order valence-corrected chi connectivity index (χ3v) is 6.16. The molecule has 7 heteroatoms. The van der Waals surface area contributed by atoms with Gasteiger partial charge in [-0.25, -0.2) is 0 Å². The largest absolute Gasteiger partial charge is 0.491 e. The monoisotopic (exact) mass is 462 g/mol. The number of nitrogens with one attached hydrogen (secondary N) is 1. The second kappa shape index (κ2) is 12.4. The number of benzene rings is 2. The van der Waals surface area contributed by atoms with E-state index in [4.69, 9.17) is 21.1 Å². The third-order valence-electron chi connectivity index (χ3n) is 5.73. The van der Waals surface area contributed by atoms with Crippen LogP contribution in [0.2, 0.25) is 5.02 Å². The summed E-state index contributed by atoms with van der Waals surface area (Å²) >= 11 is 6.03. The van der Waals surface area contributed by atoms with E-state index in [9.17, 15) is 10.2 Å². The van der Waals surface area contributed by atoms with Gasteiger partial charge in [-0.15, -0.1) is 0 Å². The van der Waals surface area contributed by atoms with Crippen molar-refractivity contribution in [3.63, 3.8) is 0 Å². The molecule has 2 atom stereocenters. The highest BCUT2D eigenvalue weighted by Crippen LogP contribution is 2.21. The molecule has 2 aromatic carbocycles. The lowest BCUT2D eigenvalue weighted by atomic mass is 10.0. The van der Waals surface area contributed by atoms with E-state index in [1.807, 2.05) is 56.3 Å². The van der Waals surface area contributed by atoms with Gasteiger partial charge in [0.2, 0.25) is 0 Å². The zero-order chi connectivity index (χ0) is 22.9. The SMILES string of the molecule is Cc1ccc(OC[C@@H](O)CNC2CCN(C[C@@H](O)COc3ccc(Cl)c(C)c3)CC2)cc1. The predicted octanol–water partition coefficient (Wildman–Crippen LogP) is 3.19. The Kier molecular flexibility index (Phi) is 9.63. The maximum atomic E-state index is 10.3. The molecule has 0 radical (unpaired) electrons. The lowest BCUT2D eigenvalue weighted by molar-refractivity contribution is 0.0556. The van der Waals surface area contributed by atoms with Gasteiger partial charge in [0.05, 0.1) is 0 Å². The van der Waals surface area contributed by atoms with Crippen LogP contribution in [-0.2, 0) is 0 Å². The fourth-order valence-corrected chi connectivity index (χ4v) is 3.88. The Bertz CT molecular complexity index is 825. The Labute approximate surface area is 196 Å². The number of piperidine rings is 1. The van der Waals surface area contributed by atoms with Gasteiger partial charge in [-0.3, -0.25) is 0 Å². The summed E-state index contributed by atoms with van der Waals surface area (Å²) in [6.45, 7) is 7.40. The van der Waals surface area contributed by atoms with E-state index in [1.54, 1.807) is 0 Å². The van der Waals surface area contributed by atoms with Crippen LogP contribution in [0.1, 0.15) is 24.0 Å². The van der Waals surface area contributed by atoms with Crippen LogP contribution in [0.15, 0.2) is 42.5 Å². The molecular weight excluding hydrogens is 428 g/mol. The summed E-state index contributed by atoms with van der Waals surface area (Å²) in [5.74, 6) is 1.50. The number of halogens is 1. The highest BCUT2D eigenvalue weighted by Gasteiger charge is 2.21. The second-order valence-corrected chi connectivity index (χ2v) is 9.04. The average molecular weight is 463 g/mol. The van der Waals surface area contributed by atoms with E-state index in [2.05, 4.69) is 10.2 Å². The zero-order valence-electron chi connectivity index (χ0n) is 19.0. The molecule has 0 spiro atoms. The van der Waals surface area contributed by atoms with Gasteiger partial charge in [0.1, 0.15) is 36.9 Å². The quantitative estimate of drug-likeness (QED) is 0.476. The molecule has 1 aliphatic rings. The predicted molar refractivity (Wildman–Crippen MR) is 128 cm³/mol. The van der Waals surface area contributed by atoms with Crippen molar-refractivity contribution in [2.24, 2.45) is 0 Å². The molecule has 0 saturated carbocycles. The standard InChI is InChI=1S/C25H35ClN2O4/c1-18-3-5-23(6-4-18)31-16-21(29)14-27-20-9-11-28(12-10-20)15-22(30)17-32-24-7-8-25(26)19(2)13-24/h3-8,13,20-22,27,29-30H,9-12,14-17H2,1-2H3/t21-,22+/m0/s1. The van der Waals surface area contributed by atoms with E-state index in [0.717, 1.165) is 43.0 Å². The number of aryl methyl sites for hydroxylation is 2.